The molecule has 1 N–H and O–H groups in total. The Bertz CT molecular complexity index is 1180. The Morgan fingerprint density at radius 2 is 1.91 bits per heavy atom. The number of anilines is 1. The number of esters is 1. The molecule has 0 aliphatic heterocycles. The first-order chi connectivity index (χ1) is 15.9. The summed E-state index contributed by atoms with van der Waals surface area (Å²) >= 11 is 6.49. The zero-order valence-electron chi connectivity index (χ0n) is 19.2. The lowest BCUT2D eigenvalue weighted by Gasteiger charge is -2.24. The molecule has 7 nitrogen and oxygen atoms in total. The van der Waals surface area contributed by atoms with Crippen LogP contribution < -0.4 is 10.1 Å². The molecule has 2 heterocycles. The van der Waals surface area contributed by atoms with Crippen molar-refractivity contribution in [3.63, 3.8) is 0 Å². The number of hydrogen-bond acceptors (Lipinski definition) is 7. The fourth-order valence-corrected chi connectivity index (χ4v) is 4.45. The van der Waals surface area contributed by atoms with E-state index in [0.29, 0.717) is 47.2 Å². The van der Waals surface area contributed by atoms with Crippen LogP contribution in [-0.4, -0.2) is 34.1 Å². The number of pyridine rings is 1. The summed E-state index contributed by atoms with van der Waals surface area (Å²) in [5, 5.41) is 3.99. The minimum atomic E-state index is -0.311. The van der Waals surface area contributed by atoms with Gasteiger partial charge in [0.15, 0.2) is 0 Å². The van der Waals surface area contributed by atoms with Gasteiger partial charge in [0.2, 0.25) is 0 Å². The number of aromatic nitrogens is 3. The van der Waals surface area contributed by atoms with Crippen molar-refractivity contribution in [3.8, 4) is 17.1 Å². The van der Waals surface area contributed by atoms with Crippen LogP contribution in [0.25, 0.3) is 11.4 Å². The SMILES string of the molecule is CCc1nc(-c2ncc(OC)cc2Cl)c(CC)nc1N[C@H]1c2ccccc2C[C@@H]1OC(C)=O. The third-order valence-corrected chi connectivity index (χ3v) is 6.07. The highest BCUT2D eigenvalue weighted by Gasteiger charge is 2.35. The van der Waals surface area contributed by atoms with E-state index in [9.17, 15) is 4.79 Å². The molecule has 3 aromatic rings. The zero-order valence-corrected chi connectivity index (χ0v) is 19.9. The molecule has 1 aliphatic carbocycles. The molecule has 0 amide bonds. The molecule has 0 fully saturated rings. The van der Waals surface area contributed by atoms with Crippen molar-refractivity contribution < 1.29 is 14.3 Å². The average molecular weight is 467 g/mol. The summed E-state index contributed by atoms with van der Waals surface area (Å²) in [6.45, 7) is 5.49. The van der Waals surface area contributed by atoms with E-state index in [2.05, 4.69) is 22.4 Å². The molecule has 1 aliphatic rings. The van der Waals surface area contributed by atoms with Gasteiger partial charge in [-0.05, 0) is 24.0 Å². The Morgan fingerprint density at radius 1 is 1.15 bits per heavy atom. The number of methoxy groups -OCH3 is 1. The van der Waals surface area contributed by atoms with E-state index in [-0.39, 0.29) is 18.1 Å². The number of carbonyl (C=O) groups excluding carboxylic acids is 1. The van der Waals surface area contributed by atoms with Crippen LogP contribution in [0.2, 0.25) is 5.02 Å². The number of halogens is 1. The van der Waals surface area contributed by atoms with E-state index < -0.39 is 0 Å². The summed E-state index contributed by atoms with van der Waals surface area (Å²) in [6.07, 6.45) is 3.28. The van der Waals surface area contributed by atoms with Crippen LogP contribution >= 0.6 is 11.6 Å². The van der Waals surface area contributed by atoms with Gasteiger partial charge in [-0.1, -0.05) is 49.7 Å². The topological polar surface area (TPSA) is 86.2 Å². The Kier molecular flexibility index (Phi) is 6.79. The number of aryl methyl sites for hydroxylation is 2. The van der Waals surface area contributed by atoms with Crippen LogP contribution in [0.5, 0.6) is 5.75 Å². The van der Waals surface area contributed by atoms with Crippen molar-refractivity contribution in [2.24, 2.45) is 0 Å². The predicted molar refractivity (Wildman–Crippen MR) is 128 cm³/mol. The minimum absolute atomic E-state index is 0.206. The molecule has 2 aromatic heterocycles. The third-order valence-electron chi connectivity index (χ3n) is 5.78. The molecule has 33 heavy (non-hydrogen) atoms. The van der Waals surface area contributed by atoms with Crippen molar-refractivity contribution in [2.45, 2.75) is 52.2 Å². The molecule has 0 unspecified atom stereocenters. The van der Waals surface area contributed by atoms with Crippen molar-refractivity contribution in [2.75, 3.05) is 12.4 Å². The molecule has 0 spiro atoms. The van der Waals surface area contributed by atoms with E-state index >= 15 is 0 Å². The van der Waals surface area contributed by atoms with E-state index in [1.54, 1.807) is 19.4 Å². The number of nitrogens with zero attached hydrogens (tertiary/aromatic N) is 3. The van der Waals surface area contributed by atoms with Crippen LogP contribution in [0.4, 0.5) is 5.82 Å². The quantitative estimate of drug-likeness (QED) is 0.492. The van der Waals surface area contributed by atoms with Crippen molar-refractivity contribution in [3.05, 3.63) is 64.1 Å². The molecular weight excluding hydrogens is 440 g/mol. The van der Waals surface area contributed by atoms with E-state index in [1.807, 2.05) is 26.0 Å². The highest BCUT2D eigenvalue weighted by molar-refractivity contribution is 6.33. The van der Waals surface area contributed by atoms with Crippen molar-refractivity contribution >= 4 is 23.4 Å². The van der Waals surface area contributed by atoms with E-state index in [1.165, 1.54) is 6.92 Å². The van der Waals surface area contributed by atoms with Gasteiger partial charge in [-0.15, -0.1) is 0 Å². The molecule has 1 aromatic carbocycles. The monoisotopic (exact) mass is 466 g/mol. The lowest BCUT2D eigenvalue weighted by atomic mass is 10.1. The smallest absolute Gasteiger partial charge is 0.302 e. The van der Waals surface area contributed by atoms with Crippen LogP contribution in [0.3, 0.4) is 0 Å². The summed E-state index contributed by atoms with van der Waals surface area (Å²) < 4.78 is 10.9. The second-order valence-electron chi connectivity index (χ2n) is 7.90. The molecule has 0 bridgehead atoms. The van der Waals surface area contributed by atoms with Crippen LogP contribution in [0, 0.1) is 0 Å². The number of fused-ring (bicyclic) bond motifs is 1. The average Bonchev–Trinajstić information content (AvgIpc) is 3.15. The Morgan fingerprint density at radius 3 is 2.58 bits per heavy atom. The standard InChI is InChI=1S/C25H27ClN4O3/c1-5-19-24(23-18(26)12-16(32-4)13-27-23)28-20(6-2)25(29-19)30-22-17-10-8-7-9-15(17)11-21(22)33-14(3)31/h7-10,12-13,21-22H,5-6,11H2,1-4H3,(H,29,30)/t21-,22-/m0/s1. The zero-order chi connectivity index (χ0) is 23.5. The second-order valence-corrected chi connectivity index (χ2v) is 8.31. The first kappa shape index (κ1) is 23.0. The van der Waals surface area contributed by atoms with Gasteiger partial charge in [-0.3, -0.25) is 4.79 Å². The lowest BCUT2D eigenvalue weighted by Crippen LogP contribution is -2.27. The minimum Gasteiger partial charge on any atom is -0.495 e. The van der Waals surface area contributed by atoms with Crippen molar-refractivity contribution in [1.29, 1.82) is 0 Å². The molecule has 2 atom stereocenters. The van der Waals surface area contributed by atoms with Gasteiger partial charge in [-0.2, -0.15) is 0 Å². The molecule has 4 rings (SSSR count). The van der Waals surface area contributed by atoms with Gasteiger partial charge in [0.05, 0.1) is 35.8 Å². The maximum absolute atomic E-state index is 11.7. The summed E-state index contributed by atoms with van der Waals surface area (Å²) in [4.78, 5) is 26.1. The predicted octanol–water partition coefficient (Wildman–Crippen LogP) is 4.97. The van der Waals surface area contributed by atoms with Gasteiger partial charge in [-0.25, -0.2) is 15.0 Å². The Labute approximate surface area is 198 Å². The second kappa shape index (κ2) is 9.75. The molecule has 0 radical (unpaired) electrons. The van der Waals surface area contributed by atoms with E-state index in [0.717, 1.165) is 22.5 Å². The van der Waals surface area contributed by atoms with Crippen LogP contribution in [-0.2, 0) is 28.8 Å². The molecular formula is C25H27ClN4O3. The highest BCUT2D eigenvalue weighted by Crippen LogP contribution is 2.37. The van der Waals surface area contributed by atoms with Gasteiger partial charge < -0.3 is 14.8 Å². The molecule has 8 heteroatoms. The third kappa shape index (κ3) is 4.64. The number of benzene rings is 1. The summed E-state index contributed by atoms with van der Waals surface area (Å²) in [5.41, 5.74) is 5.08. The van der Waals surface area contributed by atoms with E-state index in [4.69, 9.17) is 31.0 Å². The molecule has 172 valence electrons. The summed E-state index contributed by atoms with van der Waals surface area (Å²) in [5.74, 6) is 0.966. The van der Waals surface area contributed by atoms with Gasteiger partial charge in [0, 0.05) is 19.4 Å². The first-order valence-electron chi connectivity index (χ1n) is 11.1. The largest absolute Gasteiger partial charge is 0.495 e. The first-order valence-corrected chi connectivity index (χ1v) is 11.4. The fourth-order valence-electron chi connectivity index (χ4n) is 4.21. The fraction of sp³-hybridized carbons (Fsp3) is 0.360. The Hall–Kier alpha value is -3.19. The number of carbonyl (C=O) groups is 1. The van der Waals surface area contributed by atoms with Gasteiger partial charge >= 0.3 is 5.97 Å². The summed E-state index contributed by atoms with van der Waals surface area (Å²) in [7, 11) is 1.57. The lowest BCUT2D eigenvalue weighted by molar-refractivity contribution is -0.146. The van der Waals surface area contributed by atoms with Crippen LogP contribution in [0.15, 0.2) is 36.5 Å². The Balaban J connectivity index is 1.75. The van der Waals surface area contributed by atoms with Gasteiger partial charge in [0.25, 0.3) is 0 Å². The molecule has 0 saturated carbocycles. The number of rotatable bonds is 7. The number of nitrogens with one attached hydrogen (secondary N) is 1. The molecule has 0 saturated heterocycles. The van der Waals surface area contributed by atoms with Crippen molar-refractivity contribution in [1.82, 2.24) is 15.0 Å². The summed E-state index contributed by atoms with van der Waals surface area (Å²) in [6, 6.07) is 9.64. The van der Waals surface area contributed by atoms with Gasteiger partial charge in [0.1, 0.15) is 29.1 Å². The normalized spacial score (nSPS) is 16.9. The number of hydrogen-bond donors (Lipinski definition) is 1. The maximum atomic E-state index is 11.7. The number of ether oxygens (including phenoxy) is 2. The maximum Gasteiger partial charge on any atom is 0.302 e. The van der Waals surface area contributed by atoms with Crippen LogP contribution in [0.1, 0.15) is 49.3 Å². The highest BCUT2D eigenvalue weighted by atomic mass is 35.5.